The third-order valence-corrected chi connectivity index (χ3v) is 8.64. The lowest BCUT2D eigenvalue weighted by Crippen LogP contribution is -2.07. The van der Waals surface area contributed by atoms with Crippen LogP contribution in [0.5, 0.6) is 0 Å². The van der Waals surface area contributed by atoms with Crippen LogP contribution in [0.2, 0.25) is 0 Å². The standard InChI is InChI=1S/C42H36O9/c1-4-46-31(43)22-28-34(25-16-10-7-11-17-25)37-40(49-28)38-35(26-18-12-8-13-19-26)29(23-32(44)47-5-2)51-42(38)39-36(27-20-14-9-15-21-27)30(50-41(37)39)24-33(45)48-6-3/h7-21H,4-6,22-24H2,1-3H3. The molecule has 258 valence electrons. The van der Waals surface area contributed by atoms with Crippen LogP contribution in [0, 0.1) is 0 Å². The SMILES string of the molecule is CCOC(=O)Cc1oc2c(c1-c1ccccc1)c1oc(CC(=O)OCC)c(-c3ccccc3)c1c1oc(CC(=O)OCC)c(-c3ccccc3)c21. The van der Waals surface area contributed by atoms with E-state index in [0.717, 1.165) is 16.7 Å². The lowest BCUT2D eigenvalue weighted by atomic mass is 9.93. The quantitative estimate of drug-likeness (QED) is 0.0916. The van der Waals surface area contributed by atoms with Gasteiger partial charge in [-0.2, -0.15) is 0 Å². The van der Waals surface area contributed by atoms with Crippen molar-refractivity contribution in [2.75, 3.05) is 19.8 Å². The van der Waals surface area contributed by atoms with Gasteiger partial charge >= 0.3 is 17.9 Å². The maximum atomic E-state index is 13.1. The summed E-state index contributed by atoms with van der Waals surface area (Å²) in [5.41, 5.74) is 5.53. The number of esters is 3. The number of hydrogen-bond acceptors (Lipinski definition) is 9. The van der Waals surface area contributed by atoms with Crippen LogP contribution in [0.3, 0.4) is 0 Å². The van der Waals surface area contributed by atoms with E-state index in [-0.39, 0.29) is 39.1 Å². The van der Waals surface area contributed by atoms with Crippen LogP contribution in [0.4, 0.5) is 0 Å². The summed E-state index contributed by atoms with van der Waals surface area (Å²) >= 11 is 0. The second kappa shape index (κ2) is 14.4. The van der Waals surface area contributed by atoms with E-state index < -0.39 is 17.9 Å². The van der Waals surface area contributed by atoms with Gasteiger partial charge in [-0.3, -0.25) is 14.4 Å². The highest BCUT2D eigenvalue weighted by Gasteiger charge is 2.33. The number of rotatable bonds is 12. The zero-order chi connectivity index (χ0) is 35.5. The molecule has 0 unspecified atom stereocenters. The monoisotopic (exact) mass is 684 g/mol. The Morgan fingerprint density at radius 2 is 0.686 bits per heavy atom. The minimum absolute atomic E-state index is 0.147. The minimum Gasteiger partial charge on any atom is -0.466 e. The number of hydrogen-bond donors (Lipinski definition) is 0. The van der Waals surface area contributed by atoms with Gasteiger partial charge in [-0.25, -0.2) is 0 Å². The molecule has 9 nitrogen and oxygen atoms in total. The molecule has 0 aliphatic carbocycles. The lowest BCUT2D eigenvalue weighted by Gasteiger charge is -2.05. The Hall–Kier alpha value is -6.09. The molecule has 0 saturated heterocycles. The molecule has 7 rings (SSSR count). The van der Waals surface area contributed by atoms with Gasteiger partial charge in [0.25, 0.3) is 0 Å². The molecular weight excluding hydrogens is 648 g/mol. The predicted octanol–water partition coefficient (Wildman–Crippen LogP) is 9.24. The van der Waals surface area contributed by atoms with Crippen LogP contribution in [0.15, 0.2) is 104 Å². The van der Waals surface area contributed by atoms with E-state index in [0.29, 0.717) is 66.9 Å². The third kappa shape index (κ3) is 6.27. The molecule has 0 radical (unpaired) electrons. The van der Waals surface area contributed by atoms with Gasteiger partial charge in [-0.1, -0.05) is 91.0 Å². The van der Waals surface area contributed by atoms with E-state index in [2.05, 4.69) is 0 Å². The van der Waals surface area contributed by atoms with Crippen LogP contribution < -0.4 is 0 Å². The molecular formula is C42H36O9. The first kappa shape index (κ1) is 33.4. The van der Waals surface area contributed by atoms with Gasteiger partial charge in [-0.05, 0) is 37.5 Å². The van der Waals surface area contributed by atoms with Crippen LogP contribution in [0.25, 0.3) is 66.3 Å². The van der Waals surface area contributed by atoms with Crippen molar-refractivity contribution in [1.82, 2.24) is 0 Å². The Kier molecular flexibility index (Phi) is 9.44. The predicted molar refractivity (Wildman–Crippen MR) is 193 cm³/mol. The fourth-order valence-electron chi connectivity index (χ4n) is 6.75. The summed E-state index contributed by atoms with van der Waals surface area (Å²) in [6.45, 7) is 5.89. The molecule has 0 saturated carbocycles. The highest BCUT2D eigenvalue weighted by Crippen LogP contribution is 2.52. The van der Waals surface area contributed by atoms with Crippen molar-refractivity contribution in [3.63, 3.8) is 0 Å². The van der Waals surface area contributed by atoms with Gasteiger partial charge in [0.05, 0.1) is 36.0 Å². The number of furan rings is 3. The highest BCUT2D eigenvalue weighted by molar-refractivity contribution is 6.30. The Morgan fingerprint density at radius 3 is 0.922 bits per heavy atom. The van der Waals surface area contributed by atoms with Gasteiger partial charge in [0.1, 0.15) is 36.5 Å². The summed E-state index contributed by atoms with van der Waals surface area (Å²) in [4.78, 5) is 39.2. The number of fused-ring (bicyclic) bond motifs is 6. The van der Waals surface area contributed by atoms with Crippen LogP contribution in [0.1, 0.15) is 38.1 Å². The molecule has 9 heteroatoms. The molecule has 7 aromatic rings. The van der Waals surface area contributed by atoms with Crippen molar-refractivity contribution in [2.45, 2.75) is 40.0 Å². The van der Waals surface area contributed by atoms with E-state index in [1.165, 1.54) is 0 Å². The van der Waals surface area contributed by atoms with Crippen molar-refractivity contribution in [3.8, 4) is 33.4 Å². The molecule has 0 fully saturated rings. The average Bonchev–Trinajstić information content (AvgIpc) is 3.81. The van der Waals surface area contributed by atoms with Crippen LogP contribution in [-0.4, -0.2) is 37.7 Å². The van der Waals surface area contributed by atoms with Crippen LogP contribution >= 0.6 is 0 Å². The van der Waals surface area contributed by atoms with Gasteiger partial charge in [-0.15, -0.1) is 0 Å². The number of benzene rings is 4. The minimum atomic E-state index is -0.452. The Bertz CT molecular complexity index is 2060. The first-order valence-electron chi connectivity index (χ1n) is 17.0. The van der Waals surface area contributed by atoms with E-state index in [1.54, 1.807) is 20.8 Å². The fraction of sp³-hybridized carbons (Fsp3) is 0.214. The van der Waals surface area contributed by atoms with Crippen molar-refractivity contribution in [1.29, 1.82) is 0 Å². The molecule has 0 bridgehead atoms. The van der Waals surface area contributed by atoms with E-state index in [9.17, 15) is 14.4 Å². The summed E-state index contributed by atoms with van der Waals surface area (Å²) in [6.07, 6.45) is -0.441. The second-order valence-corrected chi connectivity index (χ2v) is 11.9. The summed E-state index contributed by atoms with van der Waals surface area (Å²) < 4.78 is 36.4. The molecule has 0 atom stereocenters. The molecule has 0 N–H and O–H groups in total. The molecule has 0 amide bonds. The number of carbonyl (C=O) groups is 3. The molecule has 51 heavy (non-hydrogen) atoms. The molecule has 0 aliphatic rings. The Balaban J connectivity index is 1.71. The summed E-state index contributed by atoms with van der Waals surface area (Å²) in [5, 5.41) is 1.78. The molecule has 4 aromatic carbocycles. The smallest absolute Gasteiger partial charge is 0.313 e. The number of carbonyl (C=O) groups excluding carboxylic acids is 3. The highest BCUT2D eigenvalue weighted by atomic mass is 16.5. The zero-order valence-electron chi connectivity index (χ0n) is 28.6. The van der Waals surface area contributed by atoms with Crippen molar-refractivity contribution in [2.24, 2.45) is 0 Å². The maximum Gasteiger partial charge on any atom is 0.313 e. The summed E-state index contributed by atoms with van der Waals surface area (Å²) in [5.74, 6) is -0.230. The topological polar surface area (TPSA) is 118 Å². The lowest BCUT2D eigenvalue weighted by molar-refractivity contribution is -0.143. The summed E-state index contributed by atoms with van der Waals surface area (Å²) in [6, 6.07) is 28.8. The number of ether oxygens (including phenoxy) is 3. The molecule has 3 aromatic heterocycles. The zero-order valence-corrected chi connectivity index (χ0v) is 28.6. The Labute approximate surface area is 293 Å². The Morgan fingerprint density at radius 1 is 0.431 bits per heavy atom. The van der Waals surface area contributed by atoms with Crippen LogP contribution in [-0.2, 0) is 47.9 Å². The summed E-state index contributed by atoms with van der Waals surface area (Å²) in [7, 11) is 0. The normalized spacial score (nSPS) is 11.4. The first-order chi connectivity index (χ1) is 24.9. The van der Waals surface area contributed by atoms with Gasteiger partial charge in [0.15, 0.2) is 16.7 Å². The van der Waals surface area contributed by atoms with Gasteiger partial charge < -0.3 is 27.5 Å². The fourth-order valence-corrected chi connectivity index (χ4v) is 6.75. The van der Waals surface area contributed by atoms with Crippen molar-refractivity contribution < 1.29 is 41.8 Å². The van der Waals surface area contributed by atoms with Crippen molar-refractivity contribution in [3.05, 3.63) is 108 Å². The van der Waals surface area contributed by atoms with Gasteiger partial charge in [0.2, 0.25) is 0 Å². The van der Waals surface area contributed by atoms with Gasteiger partial charge in [0, 0.05) is 16.7 Å². The second-order valence-electron chi connectivity index (χ2n) is 11.9. The van der Waals surface area contributed by atoms with E-state index in [4.69, 9.17) is 27.5 Å². The average molecular weight is 685 g/mol. The van der Waals surface area contributed by atoms with E-state index in [1.807, 2.05) is 91.0 Å². The maximum absolute atomic E-state index is 13.1. The largest absolute Gasteiger partial charge is 0.466 e. The van der Waals surface area contributed by atoms with Crippen molar-refractivity contribution >= 4 is 50.8 Å². The molecule has 0 aliphatic heterocycles. The molecule has 0 spiro atoms. The molecule has 3 heterocycles. The first-order valence-corrected chi connectivity index (χ1v) is 17.0. The third-order valence-electron chi connectivity index (χ3n) is 8.64. The van der Waals surface area contributed by atoms with E-state index >= 15 is 0 Å².